The third-order valence-electron chi connectivity index (χ3n) is 4.76. The average molecular weight is 361 g/mol. The second kappa shape index (κ2) is 5.23. The monoisotopic (exact) mass is 361 g/mol. The molecule has 0 bridgehead atoms. The van der Waals surface area contributed by atoms with Crippen molar-refractivity contribution in [2.45, 2.75) is 26.7 Å². The van der Waals surface area contributed by atoms with Crippen LogP contribution in [-0.4, -0.2) is 44.5 Å². The summed E-state index contributed by atoms with van der Waals surface area (Å²) < 4.78 is 31.7. The minimum Gasteiger partial charge on any atom is -0.393 e. The van der Waals surface area contributed by atoms with E-state index in [2.05, 4.69) is 0 Å². The lowest BCUT2D eigenvalue weighted by atomic mass is 9.88. The van der Waals surface area contributed by atoms with Gasteiger partial charge in [0.1, 0.15) is 11.3 Å². The van der Waals surface area contributed by atoms with Crippen LogP contribution in [0.15, 0.2) is 30.0 Å². The maximum Gasteiger partial charge on any atom is 0.737 e. The SMILES string of the molecule is CC1=[N+]2C(=C(C(=O)ON3C(=O)CCC3=O)c3ccc(C)n3[B-]2(F)F)C=C1. The van der Waals surface area contributed by atoms with Gasteiger partial charge in [0.2, 0.25) is 0 Å². The number of rotatable bonds is 2. The highest BCUT2D eigenvalue weighted by molar-refractivity contribution is 6.58. The summed E-state index contributed by atoms with van der Waals surface area (Å²) in [4.78, 5) is 41.1. The van der Waals surface area contributed by atoms with Crippen molar-refractivity contribution in [3.63, 3.8) is 0 Å². The van der Waals surface area contributed by atoms with Crippen LogP contribution in [0.25, 0.3) is 5.57 Å². The maximum absolute atomic E-state index is 15.0. The minimum atomic E-state index is -4.18. The van der Waals surface area contributed by atoms with Crippen molar-refractivity contribution in [1.29, 1.82) is 0 Å². The lowest BCUT2D eigenvalue weighted by Crippen LogP contribution is -2.51. The van der Waals surface area contributed by atoms with Crippen molar-refractivity contribution in [2.24, 2.45) is 0 Å². The van der Waals surface area contributed by atoms with Gasteiger partial charge in [0, 0.05) is 37.6 Å². The molecule has 3 aliphatic heterocycles. The second-order valence-electron chi connectivity index (χ2n) is 6.38. The lowest BCUT2D eigenvalue weighted by molar-refractivity contribution is -0.362. The molecule has 3 aliphatic rings. The van der Waals surface area contributed by atoms with Crippen LogP contribution in [0.5, 0.6) is 0 Å². The first kappa shape index (κ1) is 16.4. The maximum atomic E-state index is 15.0. The van der Waals surface area contributed by atoms with Gasteiger partial charge < -0.3 is 22.4 Å². The molecule has 0 radical (unpaired) electrons. The van der Waals surface area contributed by atoms with E-state index in [9.17, 15) is 14.4 Å². The molecule has 0 spiro atoms. The van der Waals surface area contributed by atoms with E-state index in [0.717, 1.165) is 8.96 Å². The van der Waals surface area contributed by atoms with Crippen molar-refractivity contribution in [3.8, 4) is 0 Å². The highest BCUT2D eigenvalue weighted by Gasteiger charge is 2.55. The number of hydrogen-bond donors (Lipinski definition) is 0. The summed E-state index contributed by atoms with van der Waals surface area (Å²) in [6.07, 6.45) is 2.79. The van der Waals surface area contributed by atoms with Gasteiger partial charge in [-0.2, -0.15) is 0 Å². The zero-order valence-electron chi connectivity index (χ0n) is 14.0. The predicted octanol–water partition coefficient (Wildman–Crippen LogP) is 1.39. The number of nitrogens with zero attached hydrogens (tertiary/aromatic N) is 3. The van der Waals surface area contributed by atoms with Gasteiger partial charge in [0.05, 0.1) is 0 Å². The first-order valence-electron chi connectivity index (χ1n) is 8.07. The number of halogens is 2. The Balaban J connectivity index is 1.86. The van der Waals surface area contributed by atoms with Gasteiger partial charge in [-0.15, -0.1) is 5.06 Å². The van der Waals surface area contributed by atoms with Crippen molar-refractivity contribution in [3.05, 3.63) is 41.4 Å². The van der Waals surface area contributed by atoms with E-state index in [4.69, 9.17) is 4.84 Å². The number of amides is 2. The van der Waals surface area contributed by atoms with Gasteiger partial charge in [-0.05, 0) is 24.8 Å². The fourth-order valence-corrected chi connectivity index (χ4v) is 3.57. The van der Waals surface area contributed by atoms with E-state index in [1.807, 2.05) is 0 Å². The van der Waals surface area contributed by atoms with Crippen LogP contribution >= 0.6 is 0 Å². The highest BCUT2D eigenvalue weighted by Crippen LogP contribution is 2.38. The van der Waals surface area contributed by atoms with Crippen LogP contribution in [0.2, 0.25) is 0 Å². The Labute approximate surface area is 146 Å². The molecule has 1 aromatic rings. The van der Waals surface area contributed by atoms with Gasteiger partial charge in [-0.25, -0.2) is 4.79 Å². The van der Waals surface area contributed by atoms with Crippen molar-refractivity contribution in [2.75, 3.05) is 0 Å². The minimum absolute atomic E-state index is 0.0119. The number of carbonyl (C=O) groups excluding carboxylic acids is 3. The summed E-state index contributed by atoms with van der Waals surface area (Å²) >= 11 is 0. The Hall–Kier alpha value is -3.04. The third kappa shape index (κ3) is 2.04. The van der Waals surface area contributed by atoms with E-state index < -0.39 is 24.8 Å². The Bertz CT molecular complexity index is 974. The van der Waals surface area contributed by atoms with Crippen LogP contribution < -0.4 is 0 Å². The van der Waals surface area contributed by atoms with Gasteiger partial charge in [0.25, 0.3) is 11.8 Å². The first-order chi connectivity index (χ1) is 12.2. The normalized spacial score (nSPS) is 20.8. The summed E-state index contributed by atoms with van der Waals surface area (Å²) in [6, 6.07) is 2.88. The fourth-order valence-electron chi connectivity index (χ4n) is 3.57. The van der Waals surface area contributed by atoms with Crippen LogP contribution in [-0.2, 0) is 19.2 Å². The molecule has 1 fully saturated rings. The Morgan fingerprint density at radius 3 is 2.46 bits per heavy atom. The van der Waals surface area contributed by atoms with E-state index in [-0.39, 0.29) is 41.2 Å². The molecular formula is C16H14BF2N3O4. The molecule has 0 unspecified atom stereocenters. The molecule has 26 heavy (non-hydrogen) atoms. The summed E-state index contributed by atoms with van der Waals surface area (Å²) in [5, 5.41) is 0.410. The molecule has 0 atom stereocenters. The van der Waals surface area contributed by atoms with Crippen LogP contribution in [0.4, 0.5) is 8.63 Å². The number of hydrogen-bond acceptors (Lipinski definition) is 4. The quantitative estimate of drug-likeness (QED) is 0.590. The summed E-state index contributed by atoms with van der Waals surface area (Å²) in [5.41, 5.74) is 0.417. The molecule has 0 aromatic carbocycles. The summed E-state index contributed by atoms with van der Waals surface area (Å²) in [7, 11) is 0. The van der Waals surface area contributed by atoms with Gasteiger partial charge in [-0.3, -0.25) is 9.59 Å². The van der Waals surface area contributed by atoms with E-state index in [1.54, 1.807) is 0 Å². The van der Waals surface area contributed by atoms with E-state index in [0.29, 0.717) is 5.06 Å². The molecule has 10 heteroatoms. The lowest BCUT2D eigenvalue weighted by Gasteiger charge is -2.32. The molecule has 4 rings (SSSR count). The Kier molecular flexibility index (Phi) is 3.31. The number of aryl methyl sites for hydroxylation is 1. The van der Waals surface area contributed by atoms with Crippen LogP contribution in [0.1, 0.15) is 31.2 Å². The number of hydroxylamine groups is 2. The topological polar surface area (TPSA) is 71.6 Å². The summed E-state index contributed by atoms with van der Waals surface area (Å²) in [5.74, 6) is -2.29. The highest BCUT2D eigenvalue weighted by atomic mass is 19.2. The number of imide groups is 1. The van der Waals surface area contributed by atoms with E-state index in [1.165, 1.54) is 38.1 Å². The predicted molar refractivity (Wildman–Crippen MR) is 86.7 cm³/mol. The number of fused-ring (bicyclic) bond motifs is 2. The standard InChI is InChI=1S/C16H14BF2N3O4/c1-9-3-5-11-15(16(25)26-22-13(23)7-8-14(22)24)12-6-4-10(2)21(12)17(18,19)20(9)11/h3-6H,7-8H2,1-2H3. The van der Waals surface area contributed by atoms with Gasteiger partial charge >= 0.3 is 12.9 Å². The van der Waals surface area contributed by atoms with Crippen molar-refractivity contribution < 1.29 is 32.3 Å². The molecule has 0 saturated carbocycles. The Morgan fingerprint density at radius 2 is 1.81 bits per heavy atom. The molecule has 0 N–H and O–H groups in total. The average Bonchev–Trinajstić information content (AvgIpc) is 3.22. The zero-order chi connectivity index (χ0) is 18.8. The molecule has 1 saturated heterocycles. The molecule has 134 valence electrons. The second-order valence-corrected chi connectivity index (χ2v) is 6.38. The zero-order valence-corrected chi connectivity index (χ0v) is 14.0. The smallest absolute Gasteiger partial charge is 0.393 e. The molecule has 1 aromatic heterocycles. The molecular weight excluding hydrogens is 347 g/mol. The largest absolute Gasteiger partial charge is 0.737 e. The van der Waals surface area contributed by atoms with E-state index >= 15 is 8.63 Å². The van der Waals surface area contributed by atoms with Crippen molar-refractivity contribution in [1.82, 2.24) is 9.54 Å². The van der Waals surface area contributed by atoms with Crippen molar-refractivity contribution >= 4 is 36.0 Å². The fraction of sp³-hybridized carbons (Fsp3) is 0.250. The number of aromatic nitrogens is 1. The molecule has 7 nitrogen and oxygen atoms in total. The number of carbonyl (C=O) groups is 3. The van der Waals surface area contributed by atoms with Gasteiger partial charge in [-0.1, -0.05) is 0 Å². The van der Waals surface area contributed by atoms with Gasteiger partial charge in [0.15, 0.2) is 5.70 Å². The Morgan fingerprint density at radius 1 is 1.15 bits per heavy atom. The third-order valence-corrected chi connectivity index (χ3v) is 4.76. The summed E-state index contributed by atoms with van der Waals surface area (Å²) in [6.45, 7) is -1.15. The van der Waals surface area contributed by atoms with Crippen LogP contribution in [0, 0.1) is 6.92 Å². The first-order valence-corrected chi connectivity index (χ1v) is 8.07. The molecule has 2 amide bonds. The van der Waals surface area contributed by atoms with Crippen LogP contribution in [0.3, 0.4) is 0 Å². The molecule has 4 heterocycles. The molecule has 0 aliphatic carbocycles. The number of allylic oxidation sites excluding steroid dienone is 2.